The summed E-state index contributed by atoms with van der Waals surface area (Å²) in [5.74, 6) is -1.51. The van der Waals surface area contributed by atoms with Crippen LogP contribution in [0.3, 0.4) is 0 Å². The van der Waals surface area contributed by atoms with Crippen LogP contribution in [0, 0.1) is 0 Å². The maximum atomic E-state index is 11.7. The Labute approximate surface area is 120 Å². The lowest BCUT2D eigenvalue weighted by atomic mass is 9.85. The highest BCUT2D eigenvalue weighted by atomic mass is 32.1. The van der Waals surface area contributed by atoms with Gasteiger partial charge < -0.3 is 15.5 Å². The van der Waals surface area contributed by atoms with Crippen molar-refractivity contribution in [3.63, 3.8) is 0 Å². The van der Waals surface area contributed by atoms with Gasteiger partial charge in [-0.1, -0.05) is 30.3 Å². The molecule has 0 fully saturated rings. The third kappa shape index (κ3) is 2.24. The van der Waals surface area contributed by atoms with E-state index in [1.54, 1.807) is 0 Å². The molecule has 0 saturated carbocycles. The van der Waals surface area contributed by atoms with E-state index >= 15 is 0 Å². The molecule has 5 heteroatoms. The zero-order chi connectivity index (χ0) is 14.1. The van der Waals surface area contributed by atoms with E-state index in [0.29, 0.717) is 6.54 Å². The van der Waals surface area contributed by atoms with Gasteiger partial charge in [0, 0.05) is 11.4 Å². The van der Waals surface area contributed by atoms with Crippen molar-refractivity contribution in [3.05, 3.63) is 57.8 Å². The summed E-state index contributed by atoms with van der Waals surface area (Å²) < 4.78 is 0. The minimum Gasteiger partial charge on any atom is -0.481 e. The number of fused-ring (bicyclic) bond motifs is 1. The number of rotatable bonds is 3. The van der Waals surface area contributed by atoms with E-state index < -0.39 is 18.0 Å². The molecule has 0 saturated heterocycles. The number of aliphatic carboxylic acids is 1. The maximum absolute atomic E-state index is 11.7. The molecule has 1 aromatic heterocycles. The molecule has 20 heavy (non-hydrogen) atoms. The lowest BCUT2D eigenvalue weighted by Crippen LogP contribution is -2.38. The first-order chi connectivity index (χ1) is 9.68. The van der Waals surface area contributed by atoms with E-state index in [0.717, 1.165) is 16.0 Å². The van der Waals surface area contributed by atoms with Gasteiger partial charge in [0.15, 0.2) is 0 Å². The Morgan fingerprint density at radius 1 is 1.30 bits per heavy atom. The number of carboxylic acids is 1. The number of nitrogens with one attached hydrogen (secondary N) is 1. The highest BCUT2D eigenvalue weighted by Gasteiger charge is 2.36. The molecule has 1 aliphatic heterocycles. The average Bonchev–Trinajstić information content (AvgIpc) is 2.93. The third-order valence-electron chi connectivity index (χ3n) is 3.65. The largest absolute Gasteiger partial charge is 0.481 e. The van der Waals surface area contributed by atoms with Gasteiger partial charge in [-0.15, -0.1) is 11.3 Å². The first-order valence-corrected chi connectivity index (χ1v) is 7.33. The summed E-state index contributed by atoms with van der Waals surface area (Å²) in [6, 6.07) is 10.8. The molecular weight excluding hydrogens is 274 g/mol. The number of aliphatic hydroxyl groups is 1. The summed E-state index contributed by atoms with van der Waals surface area (Å²) in [6.45, 7) is 0.384. The average molecular weight is 289 g/mol. The second-order valence-electron chi connectivity index (χ2n) is 4.87. The summed E-state index contributed by atoms with van der Waals surface area (Å²) in [6.07, 6.45) is -0.550. The van der Waals surface area contributed by atoms with E-state index in [-0.39, 0.29) is 6.04 Å². The van der Waals surface area contributed by atoms with E-state index in [1.807, 2.05) is 41.8 Å². The highest BCUT2D eigenvalue weighted by molar-refractivity contribution is 7.10. The van der Waals surface area contributed by atoms with Crippen molar-refractivity contribution in [3.8, 4) is 0 Å². The van der Waals surface area contributed by atoms with Crippen LogP contribution in [0.15, 0.2) is 41.8 Å². The van der Waals surface area contributed by atoms with Gasteiger partial charge in [-0.05, 0) is 22.6 Å². The molecule has 1 aliphatic rings. The standard InChI is InChI=1S/C15H15NO3S/c17-11-8-16-13(10-6-7-20-14(10)11)12(15(18)19)9-4-2-1-3-5-9/h1-7,11-13,16-17H,8H2,(H,18,19). The zero-order valence-corrected chi connectivity index (χ0v) is 11.5. The lowest BCUT2D eigenvalue weighted by molar-refractivity contribution is -0.139. The number of β-amino-alcohol motifs (C(OH)–C–C–N with tert-alkyl or cyclic N) is 1. The highest BCUT2D eigenvalue weighted by Crippen LogP contribution is 2.40. The van der Waals surface area contributed by atoms with Crippen molar-refractivity contribution >= 4 is 17.3 Å². The molecule has 4 nitrogen and oxygen atoms in total. The molecule has 0 aliphatic carbocycles. The van der Waals surface area contributed by atoms with Gasteiger partial charge >= 0.3 is 5.97 Å². The molecule has 0 spiro atoms. The van der Waals surface area contributed by atoms with Crippen LogP contribution in [0.4, 0.5) is 0 Å². The van der Waals surface area contributed by atoms with Crippen LogP contribution >= 0.6 is 11.3 Å². The van der Waals surface area contributed by atoms with E-state index in [9.17, 15) is 15.0 Å². The SMILES string of the molecule is O=C(O)C(c1ccccc1)C1NCC(O)c2sccc21. The number of benzene rings is 1. The summed E-state index contributed by atoms with van der Waals surface area (Å²) in [5.41, 5.74) is 1.66. The van der Waals surface area contributed by atoms with Gasteiger partial charge in [-0.3, -0.25) is 4.79 Å². The maximum Gasteiger partial charge on any atom is 0.312 e. The van der Waals surface area contributed by atoms with Crippen molar-refractivity contribution in [1.29, 1.82) is 0 Å². The second kappa shape index (κ2) is 5.36. The molecule has 104 valence electrons. The van der Waals surface area contributed by atoms with Crippen LogP contribution in [0.5, 0.6) is 0 Å². The predicted molar refractivity (Wildman–Crippen MR) is 76.8 cm³/mol. The Kier molecular flexibility index (Phi) is 3.56. The van der Waals surface area contributed by atoms with Crippen molar-refractivity contribution < 1.29 is 15.0 Å². The van der Waals surface area contributed by atoms with E-state index in [1.165, 1.54) is 11.3 Å². The smallest absolute Gasteiger partial charge is 0.312 e. The molecule has 0 amide bonds. The zero-order valence-electron chi connectivity index (χ0n) is 10.7. The fourth-order valence-electron chi connectivity index (χ4n) is 2.74. The predicted octanol–water partition coefficient (Wildman–Crippen LogP) is 2.29. The lowest BCUT2D eigenvalue weighted by Gasteiger charge is -2.31. The first-order valence-electron chi connectivity index (χ1n) is 6.45. The Hall–Kier alpha value is -1.69. The number of carboxylic acid groups (broad SMARTS) is 1. The van der Waals surface area contributed by atoms with Gasteiger partial charge in [0.2, 0.25) is 0 Å². The van der Waals surface area contributed by atoms with Crippen molar-refractivity contribution in [1.82, 2.24) is 5.32 Å². The van der Waals surface area contributed by atoms with E-state index in [4.69, 9.17) is 0 Å². The first kappa shape index (κ1) is 13.3. The van der Waals surface area contributed by atoms with Crippen LogP contribution in [-0.4, -0.2) is 22.7 Å². The van der Waals surface area contributed by atoms with E-state index in [2.05, 4.69) is 5.32 Å². The normalized spacial score (nSPS) is 23.1. The molecule has 3 unspecified atom stereocenters. The minimum atomic E-state index is -0.859. The monoisotopic (exact) mass is 289 g/mol. The van der Waals surface area contributed by atoms with Crippen LogP contribution in [0.1, 0.15) is 34.1 Å². The molecule has 2 heterocycles. The second-order valence-corrected chi connectivity index (χ2v) is 5.82. The van der Waals surface area contributed by atoms with Crippen LogP contribution in [0.25, 0.3) is 0 Å². The molecule has 1 aromatic carbocycles. The van der Waals surface area contributed by atoms with Crippen molar-refractivity contribution in [2.75, 3.05) is 6.54 Å². The third-order valence-corrected chi connectivity index (χ3v) is 4.69. The molecule has 2 aromatic rings. The van der Waals surface area contributed by atoms with Crippen molar-refractivity contribution in [2.45, 2.75) is 18.1 Å². The number of carbonyl (C=O) groups is 1. The van der Waals surface area contributed by atoms with Crippen LogP contribution < -0.4 is 5.32 Å². The topological polar surface area (TPSA) is 69.6 Å². The number of thiophene rings is 1. The molecule has 3 rings (SSSR count). The summed E-state index contributed by atoms with van der Waals surface area (Å²) in [5, 5.41) is 24.6. The molecule has 3 N–H and O–H groups in total. The Balaban J connectivity index is 2.03. The van der Waals surface area contributed by atoms with Gasteiger partial charge in [0.25, 0.3) is 0 Å². The van der Waals surface area contributed by atoms with Gasteiger partial charge in [0.05, 0.1) is 6.04 Å². The molecule has 3 atom stereocenters. The van der Waals surface area contributed by atoms with Gasteiger partial charge in [-0.25, -0.2) is 0 Å². The molecular formula is C15H15NO3S. The number of hydrogen-bond donors (Lipinski definition) is 3. The number of hydrogen-bond acceptors (Lipinski definition) is 4. The number of aliphatic hydroxyl groups excluding tert-OH is 1. The fourth-order valence-corrected chi connectivity index (χ4v) is 3.67. The summed E-state index contributed by atoms with van der Waals surface area (Å²) in [7, 11) is 0. The summed E-state index contributed by atoms with van der Waals surface area (Å²) in [4.78, 5) is 12.6. The van der Waals surface area contributed by atoms with Gasteiger partial charge in [0.1, 0.15) is 12.0 Å². The van der Waals surface area contributed by atoms with Crippen LogP contribution in [0.2, 0.25) is 0 Å². The van der Waals surface area contributed by atoms with Gasteiger partial charge in [-0.2, -0.15) is 0 Å². The minimum absolute atomic E-state index is 0.306. The Morgan fingerprint density at radius 2 is 2.05 bits per heavy atom. The summed E-state index contributed by atoms with van der Waals surface area (Å²) >= 11 is 1.48. The molecule has 0 bridgehead atoms. The van der Waals surface area contributed by atoms with Crippen molar-refractivity contribution in [2.24, 2.45) is 0 Å². The quantitative estimate of drug-likeness (QED) is 0.811. The molecule has 0 radical (unpaired) electrons. The van der Waals surface area contributed by atoms with Crippen LogP contribution in [-0.2, 0) is 4.79 Å². The Morgan fingerprint density at radius 3 is 2.75 bits per heavy atom. The Bertz CT molecular complexity index is 611. The fraction of sp³-hybridized carbons (Fsp3) is 0.267.